The number of hydrogen-bond acceptors (Lipinski definition) is 1. The SMILES string of the molecule is C[C@H](NC(=S)Nc1cccc(F)c1)c1ccc(C(C)(C)C)cc1. The van der Waals surface area contributed by atoms with E-state index in [1.807, 2.05) is 6.92 Å². The van der Waals surface area contributed by atoms with E-state index in [1.54, 1.807) is 12.1 Å². The maximum absolute atomic E-state index is 13.2. The van der Waals surface area contributed by atoms with Gasteiger partial charge in [-0.3, -0.25) is 0 Å². The summed E-state index contributed by atoms with van der Waals surface area (Å²) in [5.74, 6) is -0.288. The second-order valence-electron chi connectivity index (χ2n) is 6.70. The van der Waals surface area contributed by atoms with Crippen molar-refractivity contribution in [3.05, 3.63) is 65.5 Å². The molecule has 0 fully saturated rings. The monoisotopic (exact) mass is 330 g/mol. The molecule has 0 aliphatic rings. The highest BCUT2D eigenvalue weighted by Crippen LogP contribution is 2.24. The van der Waals surface area contributed by atoms with Crippen molar-refractivity contribution in [2.75, 3.05) is 5.32 Å². The van der Waals surface area contributed by atoms with Crippen LogP contribution in [0.4, 0.5) is 10.1 Å². The molecule has 2 nitrogen and oxygen atoms in total. The van der Waals surface area contributed by atoms with E-state index in [2.05, 4.69) is 55.7 Å². The fraction of sp³-hybridized carbons (Fsp3) is 0.316. The average molecular weight is 330 g/mol. The summed E-state index contributed by atoms with van der Waals surface area (Å²) in [6.07, 6.45) is 0. The largest absolute Gasteiger partial charge is 0.356 e. The number of anilines is 1. The standard InChI is InChI=1S/C19H23FN2S/c1-13(14-8-10-15(11-9-14)19(2,3)4)21-18(23)22-17-7-5-6-16(20)12-17/h5-13H,1-4H3,(H2,21,22,23)/t13-/m0/s1. The van der Waals surface area contributed by atoms with Crippen molar-refractivity contribution in [3.63, 3.8) is 0 Å². The molecule has 0 radical (unpaired) electrons. The maximum atomic E-state index is 13.2. The molecule has 2 N–H and O–H groups in total. The molecule has 4 heteroatoms. The summed E-state index contributed by atoms with van der Waals surface area (Å²) in [6, 6.07) is 14.8. The molecule has 0 amide bonds. The van der Waals surface area contributed by atoms with Gasteiger partial charge in [0, 0.05) is 5.69 Å². The van der Waals surface area contributed by atoms with Gasteiger partial charge in [-0.2, -0.15) is 0 Å². The van der Waals surface area contributed by atoms with Crippen LogP contribution in [-0.4, -0.2) is 5.11 Å². The molecule has 0 saturated heterocycles. The Labute approximate surface area is 143 Å². The van der Waals surface area contributed by atoms with E-state index in [9.17, 15) is 4.39 Å². The van der Waals surface area contributed by atoms with Crippen LogP contribution in [0.5, 0.6) is 0 Å². The third-order valence-corrected chi connectivity index (χ3v) is 3.93. The molecular weight excluding hydrogens is 307 g/mol. The molecule has 0 aromatic heterocycles. The first-order valence-corrected chi connectivity index (χ1v) is 8.10. The van der Waals surface area contributed by atoms with Gasteiger partial charge in [0.05, 0.1) is 6.04 Å². The number of rotatable bonds is 3. The first-order chi connectivity index (χ1) is 10.8. The molecule has 0 aliphatic heterocycles. The van der Waals surface area contributed by atoms with Crippen LogP contribution >= 0.6 is 12.2 Å². The molecule has 2 aromatic carbocycles. The maximum Gasteiger partial charge on any atom is 0.171 e. The Morgan fingerprint density at radius 1 is 1.09 bits per heavy atom. The zero-order chi connectivity index (χ0) is 17.0. The number of benzene rings is 2. The summed E-state index contributed by atoms with van der Waals surface area (Å²) >= 11 is 5.30. The highest BCUT2D eigenvalue weighted by atomic mass is 32.1. The molecule has 2 rings (SSSR count). The quantitative estimate of drug-likeness (QED) is 0.759. The van der Waals surface area contributed by atoms with Gasteiger partial charge in [-0.15, -0.1) is 0 Å². The lowest BCUT2D eigenvalue weighted by Crippen LogP contribution is -2.31. The van der Waals surface area contributed by atoms with Crippen LogP contribution in [0, 0.1) is 5.82 Å². The van der Waals surface area contributed by atoms with Gasteiger partial charge in [-0.1, -0.05) is 51.1 Å². The van der Waals surface area contributed by atoms with E-state index in [4.69, 9.17) is 12.2 Å². The van der Waals surface area contributed by atoms with Crippen LogP contribution in [0.2, 0.25) is 0 Å². The highest BCUT2D eigenvalue weighted by Gasteiger charge is 2.14. The zero-order valence-corrected chi connectivity index (χ0v) is 14.8. The van der Waals surface area contributed by atoms with Gasteiger partial charge in [0.15, 0.2) is 5.11 Å². The lowest BCUT2D eigenvalue weighted by atomic mass is 9.86. The Hall–Kier alpha value is -1.94. The van der Waals surface area contributed by atoms with Crippen molar-refractivity contribution in [2.24, 2.45) is 0 Å². The lowest BCUT2D eigenvalue weighted by molar-refractivity contribution is 0.589. The minimum Gasteiger partial charge on any atom is -0.356 e. The van der Waals surface area contributed by atoms with Crippen molar-refractivity contribution in [2.45, 2.75) is 39.2 Å². The van der Waals surface area contributed by atoms with Crippen molar-refractivity contribution in [1.29, 1.82) is 0 Å². The van der Waals surface area contributed by atoms with Crippen LogP contribution in [0.1, 0.15) is 44.9 Å². The summed E-state index contributed by atoms with van der Waals surface area (Å²) in [7, 11) is 0. The topological polar surface area (TPSA) is 24.1 Å². The number of halogens is 1. The molecule has 23 heavy (non-hydrogen) atoms. The van der Waals surface area contributed by atoms with Gasteiger partial charge in [-0.25, -0.2) is 4.39 Å². The number of hydrogen-bond donors (Lipinski definition) is 2. The van der Waals surface area contributed by atoms with E-state index >= 15 is 0 Å². The fourth-order valence-corrected chi connectivity index (χ4v) is 2.58. The Kier molecular flexibility index (Phi) is 5.37. The first kappa shape index (κ1) is 17.4. The summed E-state index contributed by atoms with van der Waals surface area (Å²) in [6.45, 7) is 8.64. The third-order valence-electron chi connectivity index (χ3n) is 3.71. The van der Waals surface area contributed by atoms with Crippen LogP contribution in [0.3, 0.4) is 0 Å². The average Bonchev–Trinajstić information content (AvgIpc) is 2.46. The van der Waals surface area contributed by atoms with Crippen LogP contribution in [0.15, 0.2) is 48.5 Å². The molecule has 0 heterocycles. The smallest absolute Gasteiger partial charge is 0.171 e. The molecule has 0 unspecified atom stereocenters. The first-order valence-electron chi connectivity index (χ1n) is 7.69. The Bertz CT molecular complexity index is 675. The normalized spacial score (nSPS) is 12.6. The fourth-order valence-electron chi connectivity index (χ4n) is 2.29. The van der Waals surface area contributed by atoms with E-state index in [0.717, 1.165) is 5.56 Å². The van der Waals surface area contributed by atoms with Gasteiger partial charge < -0.3 is 10.6 Å². The predicted octanol–water partition coefficient (Wildman–Crippen LogP) is 5.17. The van der Waals surface area contributed by atoms with Crippen LogP contribution in [0.25, 0.3) is 0 Å². The lowest BCUT2D eigenvalue weighted by Gasteiger charge is -2.21. The number of nitrogens with one attached hydrogen (secondary N) is 2. The highest BCUT2D eigenvalue weighted by molar-refractivity contribution is 7.80. The minimum absolute atomic E-state index is 0.0672. The van der Waals surface area contributed by atoms with Crippen LogP contribution in [-0.2, 0) is 5.41 Å². The van der Waals surface area contributed by atoms with Gasteiger partial charge in [-0.05, 0) is 53.9 Å². The molecule has 0 spiro atoms. The van der Waals surface area contributed by atoms with Crippen LogP contribution < -0.4 is 10.6 Å². The molecule has 2 aromatic rings. The summed E-state index contributed by atoms with van der Waals surface area (Å²) in [5.41, 5.74) is 3.23. The predicted molar refractivity (Wildman–Crippen MR) is 99.3 cm³/mol. The Morgan fingerprint density at radius 3 is 2.30 bits per heavy atom. The minimum atomic E-state index is -0.288. The summed E-state index contributed by atoms with van der Waals surface area (Å²) in [4.78, 5) is 0. The van der Waals surface area contributed by atoms with Crippen molar-refractivity contribution in [1.82, 2.24) is 5.32 Å². The molecule has 122 valence electrons. The van der Waals surface area contributed by atoms with Gasteiger partial charge >= 0.3 is 0 Å². The van der Waals surface area contributed by atoms with Gasteiger partial charge in [0.2, 0.25) is 0 Å². The van der Waals surface area contributed by atoms with Gasteiger partial charge in [0.25, 0.3) is 0 Å². The molecule has 0 saturated carbocycles. The molecular formula is C19H23FN2S. The third kappa shape index (κ3) is 5.03. The Balaban J connectivity index is 1.98. The van der Waals surface area contributed by atoms with E-state index in [1.165, 1.54) is 17.7 Å². The van der Waals surface area contributed by atoms with E-state index in [-0.39, 0.29) is 17.3 Å². The molecule has 1 atom stereocenters. The molecule has 0 aliphatic carbocycles. The number of thiocarbonyl (C=S) groups is 1. The van der Waals surface area contributed by atoms with Gasteiger partial charge in [0.1, 0.15) is 5.82 Å². The zero-order valence-electron chi connectivity index (χ0n) is 14.0. The van der Waals surface area contributed by atoms with Crippen molar-refractivity contribution < 1.29 is 4.39 Å². The molecule has 0 bridgehead atoms. The van der Waals surface area contributed by atoms with E-state index in [0.29, 0.717) is 10.8 Å². The van der Waals surface area contributed by atoms with Crippen molar-refractivity contribution >= 4 is 23.0 Å². The summed E-state index contributed by atoms with van der Waals surface area (Å²) < 4.78 is 13.2. The Morgan fingerprint density at radius 2 is 1.74 bits per heavy atom. The van der Waals surface area contributed by atoms with Crippen molar-refractivity contribution in [3.8, 4) is 0 Å². The van der Waals surface area contributed by atoms with E-state index < -0.39 is 0 Å². The second kappa shape index (κ2) is 7.09. The second-order valence-corrected chi connectivity index (χ2v) is 7.11. The summed E-state index contributed by atoms with van der Waals surface area (Å²) in [5, 5.41) is 6.69.